The number of nitrogens with one attached hydrogen (secondary N) is 1. The first-order valence-electron chi connectivity index (χ1n) is 6.80. The lowest BCUT2D eigenvalue weighted by Crippen LogP contribution is -2.43. The maximum atomic E-state index is 12.3. The third kappa shape index (κ3) is 2.34. The van der Waals surface area contributed by atoms with Crippen molar-refractivity contribution < 1.29 is 4.79 Å². The summed E-state index contributed by atoms with van der Waals surface area (Å²) in [5.74, 6) is -0.0346. The molecule has 1 saturated heterocycles. The van der Waals surface area contributed by atoms with Crippen LogP contribution in [0.4, 0.5) is 0 Å². The van der Waals surface area contributed by atoms with Crippen molar-refractivity contribution in [3.05, 3.63) is 41.2 Å². The Kier molecular flexibility index (Phi) is 3.01. The van der Waals surface area contributed by atoms with Gasteiger partial charge in [0, 0.05) is 13.1 Å². The molecule has 0 bridgehead atoms. The number of hydrogen-bond donors (Lipinski definition) is 1. The number of fused-ring (bicyclic) bond motifs is 1. The number of carbonyl (C=O) groups excluding carboxylic acids is 1. The van der Waals surface area contributed by atoms with Crippen LogP contribution in [0.15, 0.2) is 30.5 Å². The number of benzene rings is 1. The van der Waals surface area contributed by atoms with E-state index in [2.05, 4.69) is 20.6 Å². The summed E-state index contributed by atoms with van der Waals surface area (Å²) in [7, 11) is 0. The molecule has 0 atom stereocenters. The van der Waals surface area contributed by atoms with Crippen molar-refractivity contribution in [3.8, 4) is 0 Å². The Morgan fingerprint density at radius 2 is 2.24 bits per heavy atom. The molecule has 21 heavy (non-hydrogen) atoms. The van der Waals surface area contributed by atoms with Crippen LogP contribution in [0.2, 0.25) is 0 Å². The molecule has 7 heteroatoms. The molecule has 0 spiro atoms. The van der Waals surface area contributed by atoms with Gasteiger partial charge in [0.1, 0.15) is 10.7 Å². The summed E-state index contributed by atoms with van der Waals surface area (Å²) in [4.78, 5) is 16.7. The fourth-order valence-corrected chi connectivity index (χ4v) is 3.23. The van der Waals surface area contributed by atoms with Gasteiger partial charge in [0.25, 0.3) is 0 Å². The summed E-state index contributed by atoms with van der Waals surface area (Å²) in [5, 5.41) is 12.0. The summed E-state index contributed by atoms with van der Waals surface area (Å²) in [6.45, 7) is 1.77. The number of para-hydroxylation sites is 1. The molecule has 0 radical (unpaired) electrons. The molecule has 0 unspecified atom stereocenters. The average Bonchev–Trinajstić information content (AvgIpc) is 3.02. The van der Waals surface area contributed by atoms with E-state index in [1.807, 2.05) is 24.3 Å². The molecule has 3 aromatic rings. The molecular formula is C14H13N5OS. The minimum atomic E-state index is -0.0346. The summed E-state index contributed by atoms with van der Waals surface area (Å²) in [6.07, 6.45) is 2.02. The Morgan fingerprint density at radius 3 is 3.00 bits per heavy atom. The molecule has 3 heterocycles. The van der Waals surface area contributed by atoms with E-state index in [0.717, 1.165) is 28.3 Å². The van der Waals surface area contributed by atoms with Crippen LogP contribution < -0.4 is 5.32 Å². The normalized spacial score (nSPS) is 15.2. The minimum Gasteiger partial charge on any atom is -0.312 e. The highest BCUT2D eigenvalue weighted by molar-refractivity contribution is 7.18. The largest absolute Gasteiger partial charge is 0.312 e. The van der Waals surface area contributed by atoms with Gasteiger partial charge in [0.2, 0.25) is 0 Å². The Balaban J connectivity index is 1.53. The van der Waals surface area contributed by atoms with Crippen molar-refractivity contribution in [1.82, 2.24) is 25.3 Å². The zero-order valence-corrected chi connectivity index (χ0v) is 12.0. The van der Waals surface area contributed by atoms with Gasteiger partial charge in [-0.3, -0.25) is 4.79 Å². The first-order valence-corrected chi connectivity index (χ1v) is 7.61. The van der Waals surface area contributed by atoms with Gasteiger partial charge in [-0.05, 0) is 12.1 Å². The molecular weight excluding hydrogens is 286 g/mol. The molecule has 1 N–H and O–H groups in total. The van der Waals surface area contributed by atoms with Gasteiger partial charge in [-0.25, -0.2) is 9.67 Å². The molecule has 2 aromatic heterocycles. The number of Topliss-reactive ketones (excluding diaryl/α,β-unsaturated/α-hetero) is 1. The quantitative estimate of drug-likeness (QED) is 0.738. The fourth-order valence-electron chi connectivity index (χ4n) is 2.27. The molecule has 6 nitrogen and oxygen atoms in total. The van der Waals surface area contributed by atoms with Gasteiger partial charge in [-0.1, -0.05) is 17.3 Å². The van der Waals surface area contributed by atoms with Crippen LogP contribution in [0, 0.1) is 0 Å². The van der Waals surface area contributed by atoms with Gasteiger partial charge in [0.15, 0.2) is 5.78 Å². The maximum Gasteiger partial charge on any atom is 0.191 e. The lowest BCUT2D eigenvalue weighted by molar-refractivity contribution is 0.0988. The number of carbonyl (C=O) groups is 1. The molecule has 0 saturated carbocycles. The van der Waals surface area contributed by atoms with E-state index >= 15 is 0 Å². The number of aromatic nitrogens is 4. The Bertz CT molecular complexity index is 771. The van der Waals surface area contributed by atoms with E-state index in [4.69, 9.17) is 0 Å². The standard InChI is InChI=1S/C14H13N5OS/c20-12(11-8-19(18-17-11)9-6-15-7-9)5-14-16-10-3-1-2-4-13(10)21-14/h1-4,8-9,15H,5-7H2. The molecule has 4 rings (SSSR count). The maximum absolute atomic E-state index is 12.3. The van der Waals surface area contributed by atoms with Crippen LogP contribution in [0.3, 0.4) is 0 Å². The predicted octanol–water partition coefficient (Wildman–Crippen LogP) is 1.46. The van der Waals surface area contributed by atoms with Crippen molar-refractivity contribution in [2.75, 3.05) is 13.1 Å². The van der Waals surface area contributed by atoms with Gasteiger partial charge in [-0.2, -0.15) is 0 Å². The number of ketones is 1. The van der Waals surface area contributed by atoms with Crippen molar-refractivity contribution in [2.24, 2.45) is 0 Å². The van der Waals surface area contributed by atoms with E-state index < -0.39 is 0 Å². The summed E-state index contributed by atoms with van der Waals surface area (Å²) < 4.78 is 2.87. The first kappa shape index (κ1) is 12.6. The second-order valence-electron chi connectivity index (χ2n) is 5.07. The second kappa shape index (κ2) is 5.01. The van der Waals surface area contributed by atoms with E-state index in [0.29, 0.717) is 11.7 Å². The number of hydrogen-bond acceptors (Lipinski definition) is 6. The third-order valence-corrected chi connectivity index (χ3v) is 4.62. The van der Waals surface area contributed by atoms with Gasteiger partial charge >= 0.3 is 0 Å². The number of thiazole rings is 1. The number of rotatable bonds is 4. The van der Waals surface area contributed by atoms with Gasteiger partial charge in [0.05, 0.1) is 28.9 Å². The van der Waals surface area contributed by atoms with Gasteiger partial charge < -0.3 is 5.32 Å². The van der Waals surface area contributed by atoms with Crippen molar-refractivity contribution in [2.45, 2.75) is 12.5 Å². The van der Waals surface area contributed by atoms with Crippen LogP contribution in [0.1, 0.15) is 21.5 Å². The van der Waals surface area contributed by atoms with E-state index in [9.17, 15) is 4.79 Å². The topological polar surface area (TPSA) is 72.7 Å². The summed E-state index contributed by atoms with van der Waals surface area (Å²) in [5.41, 5.74) is 1.36. The molecule has 1 aliphatic heterocycles. The van der Waals surface area contributed by atoms with Crippen molar-refractivity contribution in [3.63, 3.8) is 0 Å². The Morgan fingerprint density at radius 1 is 1.38 bits per heavy atom. The molecule has 1 aromatic carbocycles. The first-order chi connectivity index (χ1) is 10.3. The lowest BCUT2D eigenvalue weighted by Gasteiger charge is -2.26. The highest BCUT2D eigenvalue weighted by atomic mass is 32.1. The fraction of sp³-hybridized carbons (Fsp3) is 0.286. The van der Waals surface area contributed by atoms with E-state index in [1.165, 1.54) is 0 Å². The minimum absolute atomic E-state index is 0.0346. The number of nitrogens with zero attached hydrogens (tertiary/aromatic N) is 4. The van der Waals surface area contributed by atoms with Crippen LogP contribution in [-0.2, 0) is 6.42 Å². The monoisotopic (exact) mass is 299 g/mol. The third-order valence-electron chi connectivity index (χ3n) is 3.58. The average molecular weight is 299 g/mol. The molecule has 1 aliphatic rings. The van der Waals surface area contributed by atoms with Crippen molar-refractivity contribution in [1.29, 1.82) is 0 Å². The van der Waals surface area contributed by atoms with Crippen molar-refractivity contribution >= 4 is 27.3 Å². The van der Waals surface area contributed by atoms with E-state index in [-0.39, 0.29) is 12.2 Å². The SMILES string of the molecule is O=C(Cc1nc2ccccc2s1)c1cn(C2CNC2)nn1. The molecule has 0 amide bonds. The highest BCUT2D eigenvalue weighted by Gasteiger charge is 2.22. The highest BCUT2D eigenvalue weighted by Crippen LogP contribution is 2.22. The predicted molar refractivity (Wildman–Crippen MR) is 79.6 cm³/mol. The van der Waals surface area contributed by atoms with Crippen LogP contribution >= 0.6 is 11.3 Å². The summed E-state index contributed by atoms with van der Waals surface area (Å²) >= 11 is 1.55. The smallest absolute Gasteiger partial charge is 0.191 e. The zero-order chi connectivity index (χ0) is 14.2. The Hall–Kier alpha value is -2.12. The van der Waals surface area contributed by atoms with Crippen LogP contribution in [-0.4, -0.2) is 38.9 Å². The van der Waals surface area contributed by atoms with Crippen LogP contribution in [0.25, 0.3) is 10.2 Å². The van der Waals surface area contributed by atoms with Crippen LogP contribution in [0.5, 0.6) is 0 Å². The lowest BCUT2D eigenvalue weighted by atomic mass is 10.2. The second-order valence-corrected chi connectivity index (χ2v) is 6.19. The molecule has 0 aliphatic carbocycles. The Labute approximate surface area is 124 Å². The molecule has 1 fully saturated rings. The van der Waals surface area contributed by atoms with E-state index in [1.54, 1.807) is 22.2 Å². The summed E-state index contributed by atoms with van der Waals surface area (Å²) in [6, 6.07) is 8.22. The van der Waals surface area contributed by atoms with Gasteiger partial charge in [-0.15, -0.1) is 16.4 Å². The molecule has 106 valence electrons. The zero-order valence-electron chi connectivity index (χ0n) is 11.2.